The molecule has 7 nitrogen and oxygen atoms in total. The summed E-state index contributed by atoms with van der Waals surface area (Å²) in [7, 11) is 1.63. The topological polar surface area (TPSA) is 87.3 Å². The Morgan fingerprint density at radius 2 is 2.28 bits per heavy atom. The van der Waals surface area contributed by atoms with Crippen molar-refractivity contribution in [3.8, 4) is 16.9 Å². The molecule has 25 heavy (non-hydrogen) atoms. The summed E-state index contributed by atoms with van der Waals surface area (Å²) in [4.78, 5) is 25.3. The van der Waals surface area contributed by atoms with Crippen LogP contribution in [-0.2, 0) is 9.59 Å². The number of hydrogen-bond donors (Lipinski definition) is 2. The smallest absolute Gasteiger partial charge is 0.242 e. The minimum atomic E-state index is -0.206. The average molecular weight is 342 g/mol. The summed E-state index contributed by atoms with van der Waals surface area (Å²) < 4.78 is 5.30. The van der Waals surface area contributed by atoms with E-state index in [1.54, 1.807) is 13.3 Å². The molecule has 2 N–H and O–H groups in total. The van der Waals surface area contributed by atoms with E-state index >= 15 is 0 Å². The minimum absolute atomic E-state index is 0.0223. The largest absolute Gasteiger partial charge is 0.497 e. The van der Waals surface area contributed by atoms with E-state index < -0.39 is 0 Å². The van der Waals surface area contributed by atoms with Crippen molar-refractivity contribution in [2.75, 3.05) is 20.2 Å². The molecular formula is C18H22N4O3. The van der Waals surface area contributed by atoms with Crippen LogP contribution in [0, 0.1) is 0 Å². The zero-order chi connectivity index (χ0) is 17.8. The second kappa shape index (κ2) is 7.38. The maximum Gasteiger partial charge on any atom is 0.242 e. The number of likely N-dealkylation sites (tertiary alicyclic amines) is 1. The number of rotatable bonds is 5. The van der Waals surface area contributed by atoms with Crippen molar-refractivity contribution in [2.45, 2.75) is 25.8 Å². The van der Waals surface area contributed by atoms with Crippen LogP contribution in [0.15, 0.2) is 30.5 Å². The summed E-state index contributed by atoms with van der Waals surface area (Å²) in [6.07, 6.45) is 3.57. The summed E-state index contributed by atoms with van der Waals surface area (Å²) >= 11 is 0. The van der Waals surface area contributed by atoms with Gasteiger partial charge in [0.2, 0.25) is 11.8 Å². The molecule has 2 aromatic rings. The number of carbonyl (C=O) groups is 2. The fourth-order valence-corrected chi connectivity index (χ4v) is 3.24. The lowest BCUT2D eigenvalue weighted by molar-refractivity contribution is -0.133. The van der Waals surface area contributed by atoms with Crippen LogP contribution in [-0.4, -0.2) is 47.1 Å². The zero-order valence-electron chi connectivity index (χ0n) is 14.4. The van der Waals surface area contributed by atoms with Crippen molar-refractivity contribution < 1.29 is 14.3 Å². The van der Waals surface area contributed by atoms with E-state index in [9.17, 15) is 9.59 Å². The van der Waals surface area contributed by atoms with Gasteiger partial charge in [0, 0.05) is 19.0 Å². The van der Waals surface area contributed by atoms with E-state index in [4.69, 9.17) is 4.74 Å². The van der Waals surface area contributed by atoms with E-state index in [0.29, 0.717) is 6.54 Å². The van der Waals surface area contributed by atoms with E-state index in [2.05, 4.69) is 15.5 Å². The van der Waals surface area contributed by atoms with Gasteiger partial charge in [-0.25, -0.2) is 0 Å². The van der Waals surface area contributed by atoms with E-state index in [1.165, 1.54) is 6.92 Å². The SMILES string of the molecule is COc1cccc(-c2cn[nH]c2[C@H]2CCCN2C(=O)CNC(C)=O)c1. The number of ether oxygens (including phenoxy) is 1. The van der Waals surface area contributed by atoms with E-state index in [-0.39, 0.29) is 24.4 Å². The number of aromatic nitrogens is 2. The summed E-state index contributed by atoms with van der Waals surface area (Å²) in [5.41, 5.74) is 2.87. The summed E-state index contributed by atoms with van der Waals surface area (Å²) in [5, 5.41) is 9.83. The Hall–Kier alpha value is -2.83. The third-order valence-corrected chi connectivity index (χ3v) is 4.44. The van der Waals surface area contributed by atoms with Crippen molar-refractivity contribution in [1.29, 1.82) is 0 Å². The number of carbonyl (C=O) groups excluding carboxylic acids is 2. The van der Waals surface area contributed by atoms with E-state index in [0.717, 1.165) is 35.4 Å². The highest BCUT2D eigenvalue weighted by Gasteiger charge is 2.32. The second-order valence-corrected chi connectivity index (χ2v) is 6.08. The van der Waals surface area contributed by atoms with Crippen molar-refractivity contribution in [3.63, 3.8) is 0 Å². The van der Waals surface area contributed by atoms with Crippen LogP contribution in [0.4, 0.5) is 0 Å². The van der Waals surface area contributed by atoms with Gasteiger partial charge in [-0.3, -0.25) is 14.7 Å². The Labute approximate surface area is 146 Å². The summed E-state index contributed by atoms with van der Waals surface area (Å²) in [6.45, 7) is 2.11. The number of aromatic amines is 1. The molecule has 1 fully saturated rings. The van der Waals surface area contributed by atoms with Crippen LogP contribution in [0.1, 0.15) is 31.5 Å². The lowest BCUT2D eigenvalue weighted by atomic mass is 10.0. The molecule has 3 rings (SSSR count). The van der Waals surface area contributed by atoms with Crippen LogP contribution in [0.2, 0.25) is 0 Å². The molecule has 7 heteroatoms. The molecule has 1 saturated heterocycles. The molecule has 132 valence electrons. The summed E-state index contributed by atoms with van der Waals surface area (Å²) in [5.74, 6) is 0.487. The molecule has 0 bridgehead atoms. The van der Waals surface area contributed by atoms with Crippen LogP contribution >= 0.6 is 0 Å². The van der Waals surface area contributed by atoms with Gasteiger partial charge < -0.3 is 15.0 Å². The van der Waals surface area contributed by atoms with Gasteiger partial charge in [0.05, 0.1) is 31.6 Å². The van der Waals surface area contributed by atoms with Gasteiger partial charge >= 0.3 is 0 Å². The molecule has 1 aromatic carbocycles. The van der Waals surface area contributed by atoms with Gasteiger partial charge in [0.1, 0.15) is 5.75 Å². The fourth-order valence-electron chi connectivity index (χ4n) is 3.24. The second-order valence-electron chi connectivity index (χ2n) is 6.08. The molecule has 0 saturated carbocycles. The molecule has 0 radical (unpaired) electrons. The monoisotopic (exact) mass is 342 g/mol. The number of hydrogen-bond acceptors (Lipinski definition) is 4. The maximum absolute atomic E-state index is 12.5. The molecule has 0 spiro atoms. The van der Waals surface area contributed by atoms with Crippen molar-refractivity contribution in [2.24, 2.45) is 0 Å². The quantitative estimate of drug-likeness (QED) is 0.868. The average Bonchev–Trinajstić information content (AvgIpc) is 3.28. The minimum Gasteiger partial charge on any atom is -0.497 e. The predicted molar refractivity (Wildman–Crippen MR) is 92.9 cm³/mol. The number of amides is 2. The van der Waals surface area contributed by atoms with Crippen molar-refractivity contribution in [3.05, 3.63) is 36.2 Å². The standard InChI is InChI=1S/C18H22N4O3/c1-12(23)19-11-17(24)22-8-4-7-16(22)18-15(10-20-21-18)13-5-3-6-14(9-13)25-2/h3,5-6,9-10,16H,4,7-8,11H2,1-2H3,(H,19,23)(H,20,21)/t16-/m1/s1. The van der Waals surface area contributed by atoms with Crippen LogP contribution in [0.25, 0.3) is 11.1 Å². The van der Waals surface area contributed by atoms with Crippen LogP contribution in [0.5, 0.6) is 5.75 Å². The third kappa shape index (κ3) is 3.65. The highest BCUT2D eigenvalue weighted by Crippen LogP contribution is 2.37. The number of nitrogens with one attached hydrogen (secondary N) is 2. The lowest BCUT2D eigenvalue weighted by Crippen LogP contribution is -2.39. The normalized spacial score (nSPS) is 16.7. The number of benzene rings is 1. The first-order valence-corrected chi connectivity index (χ1v) is 8.31. The maximum atomic E-state index is 12.5. The Balaban J connectivity index is 1.85. The molecule has 0 aliphatic carbocycles. The molecule has 2 amide bonds. The summed E-state index contributed by atoms with van der Waals surface area (Å²) in [6, 6.07) is 7.70. The highest BCUT2D eigenvalue weighted by molar-refractivity contribution is 5.84. The molecule has 0 unspecified atom stereocenters. The predicted octanol–water partition coefficient (Wildman–Crippen LogP) is 1.88. The Bertz CT molecular complexity index is 771. The molecule has 2 heterocycles. The first-order chi connectivity index (χ1) is 12.1. The molecular weight excluding hydrogens is 320 g/mol. The molecule has 1 aliphatic heterocycles. The van der Waals surface area contributed by atoms with Crippen molar-refractivity contribution >= 4 is 11.8 Å². The Morgan fingerprint density at radius 1 is 1.44 bits per heavy atom. The van der Waals surface area contributed by atoms with Gasteiger partial charge in [0.25, 0.3) is 0 Å². The van der Waals surface area contributed by atoms with Gasteiger partial charge in [-0.15, -0.1) is 0 Å². The van der Waals surface area contributed by atoms with Gasteiger partial charge in [-0.1, -0.05) is 12.1 Å². The zero-order valence-corrected chi connectivity index (χ0v) is 14.4. The number of methoxy groups -OCH3 is 1. The molecule has 1 atom stereocenters. The van der Waals surface area contributed by atoms with Crippen LogP contribution in [0.3, 0.4) is 0 Å². The fraction of sp³-hybridized carbons (Fsp3) is 0.389. The Kier molecular flexibility index (Phi) is 5.02. The Morgan fingerprint density at radius 3 is 3.04 bits per heavy atom. The number of nitrogens with zero attached hydrogens (tertiary/aromatic N) is 2. The van der Waals surface area contributed by atoms with E-state index in [1.807, 2.05) is 29.2 Å². The highest BCUT2D eigenvalue weighted by atomic mass is 16.5. The van der Waals surface area contributed by atoms with Gasteiger partial charge in [-0.05, 0) is 30.5 Å². The van der Waals surface area contributed by atoms with Gasteiger partial charge in [-0.2, -0.15) is 5.10 Å². The molecule has 1 aromatic heterocycles. The lowest BCUT2D eigenvalue weighted by Gasteiger charge is -2.25. The molecule has 1 aliphatic rings. The first-order valence-electron chi connectivity index (χ1n) is 8.31. The first kappa shape index (κ1) is 17.0. The third-order valence-electron chi connectivity index (χ3n) is 4.44. The number of H-pyrrole nitrogens is 1. The van der Waals surface area contributed by atoms with Gasteiger partial charge in [0.15, 0.2) is 0 Å². The van der Waals surface area contributed by atoms with Crippen molar-refractivity contribution in [1.82, 2.24) is 20.4 Å². The van der Waals surface area contributed by atoms with Crippen LogP contribution < -0.4 is 10.1 Å².